The van der Waals surface area contributed by atoms with Crippen molar-refractivity contribution in [1.82, 2.24) is 10.2 Å². The zero-order valence-corrected chi connectivity index (χ0v) is 10.7. The summed E-state index contributed by atoms with van der Waals surface area (Å²) in [4.78, 5) is 13.8. The van der Waals surface area contributed by atoms with E-state index in [0.717, 1.165) is 38.8 Å². The van der Waals surface area contributed by atoms with Gasteiger partial charge in [0.05, 0.1) is 12.5 Å². The molecule has 18 heavy (non-hydrogen) atoms. The zero-order valence-electron chi connectivity index (χ0n) is 10.7. The van der Waals surface area contributed by atoms with Gasteiger partial charge in [0.2, 0.25) is 5.91 Å². The van der Waals surface area contributed by atoms with E-state index < -0.39 is 18.6 Å². The highest BCUT2D eigenvalue weighted by atomic mass is 19.4. The third-order valence-corrected chi connectivity index (χ3v) is 3.15. The lowest BCUT2D eigenvalue weighted by Gasteiger charge is -2.24. The molecule has 1 unspecified atom stereocenters. The molecule has 0 saturated carbocycles. The van der Waals surface area contributed by atoms with Crippen molar-refractivity contribution < 1.29 is 18.0 Å². The molecular formula is C12H21F3N2O. The van der Waals surface area contributed by atoms with Crippen LogP contribution in [-0.2, 0) is 4.79 Å². The van der Waals surface area contributed by atoms with Crippen molar-refractivity contribution in [3.63, 3.8) is 0 Å². The molecular weight excluding hydrogens is 245 g/mol. The monoisotopic (exact) mass is 266 g/mol. The Morgan fingerprint density at radius 1 is 1.22 bits per heavy atom. The first-order chi connectivity index (χ1) is 8.40. The van der Waals surface area contributed by atoms with Crippen LogP contribution < -0.4 is 5.32 Å². The van der Waals surface area contributed by atoms with Gasteiger partial charge in [-0.05, 0) is 19.8 Å². The predicted molar refractivity (Wildman–Crippen MR) is 63.2 cm³/mol. The molecule has 1 heterocycles. The van der Waals surface area contributed by atoms with Crippen LogP contribution in [0, 0.1) is 0 Å². The van der Waals surface area contributed by atoms with Crippen LogP contribution in [0.2, 0.25) is 0 Å². The Morgan fingerprint density at radius 2 is 1.78 bits per heavy atom. The molecule has 0 aromatic heterocycles. The van der Waals surface area contributed by atoms with E-state index in [1.807, 2.05) is 0 Å². The van der Waals surface area contributed by atoms with E-state index in [2.05, 4.69) is 5.32 Å². The molecule has 1 fully saturated rings. The highest BCUT2D eigenvalue weighted by Gasteiger charge is 2.27. The van der Waals surface area contributed by atoms with Crippen molar-refractivity contribution in [3.8, 4) is 0 Å². The summed E-state index contributed by atoms with van der Waals surface area (Å²) in [6, 6.07) is -0.537. The quantitative estimate of drug-likeness (QED) is 0.847. The van der Waals surface area contributed by atoms with Crippen molar-refractivity contribution in [2.45, 2.75) is 51.2 Å². The van der Waals surface area contributed by atoms with E-state index in [9.17, 15) is 18.0 Å². The largest absolute Gasteiger partial charge is 0.390 e. The van der Waals surface area contributed by atoms with Gasteiger partial charge in [-0.3, -0.25) is 4.79 Å². The van der Waals surface area contributed by atoms with E-state index in [1.54, 1.807) is 11.8 Å². The summed E-state index contributed by atoms with van der Waals surface area (Å²) in [6.07, 6.45) is -0.843. The molecule has 0 bridgehead atoms. The number of amides is 1. The maximum Gasteiger partial charge on any atom is 0.390 e. The molecule has 1 rings (SSSR count). The van der Waals surface area contributed by atoms with Crippen molar-refractivity contribution in [2.24, 2.45) is 0 Å². The predicted octanol–water partition coefficient (Wildman–Crippen LogP) is 2.32. The minimum Gasteiger partial charge on any atom is -0.341 e. The fourth-order valence-electron chi connectivity index (χ4n) is 2.08. The lowest BCUT2D eigenvalue weighted by Crippen LogP contribution is -2.46. The highest BCUT2D eigenvalue weighted by Crippen LogP contribution is 2.18. The number of halogens is 3. The van der Waals surface area contributed by atoms with Crippen LogP contribution in [0.15, 0.2) is 0 Å². The molecule has 106 valence electrons. The molecule has 1 amide bonds. The van der Waals surface area contributed by atoms with Gasteiger partial charge < -0.3 is 10.2 Å². The second kappa shape index (κ2) is 6.97. The van der Waals surface area contributed by atoms with Gasteiger partial charge in [-0.15, -0.1) is 0 Å². The molecule has 1 atom stereocenters. The van der Waals surface area contributed by atoms with Gasteiger partial charge >= 0.3 is 6.18 Å². The van der Waals surface area contributed by atoms with E-state index in [-0.39, 0.29) is 12.5 Å². The maximum absolute atomic E-state index is 12.0. The van der Waals surface area contributed by atoms with Crippen molar-refractivity contribution in [3.05, 3.63) is 0 Å². The average molecular weight is 266 g/mol. The third kappa shape index (κ3) is 5.71. The van der Waals surface area contributed by atoms with Crippen LogP contribution >= 0.6 is 0 Å². The van der Waals surface area contributed by atoms with Crippen molar-refractivity contribution >= 4 is 5.91 Å². The van der Waals surface area contributed by atoms with Crippen molar-refractivity contribution in [1.29, 1.82) is 0 Å². The summed E-state index contributed by atoms with van der Waals surface area (Å²) >= 11 is 0. The smallest absolute Gasteiger partial charge is 0.341 e. The topological polar surface area (TPSA) is 32.3 Å². The number of hydrogen-bond donors (Lipinski definition) is 1. The van der Waals surface area contributed by atoms with Crippen LogP contribution in [0.4, 0.5) is 13.2 Å². The summed E-state index contributed by atoms with van der Waals surface area (Å²) in [7, 11) is 0. The fraction of sp³-hybridized carbons (Fsp3) is 0.917. The SMILES string of the molecule is CC(NCCC(F)(F)F)C(=O)N1CCCCCC1. The second-order valence-electron chi connectivity index (χ2n) is 4.78. The van der Waals surface area contributed by atoms with Crippen LogP contribution in [0.25, 0.3) is 0 Å². The number of hydrogen-bond acceptors (Lipinski definition) is 2. The van der Waals surface area contributed by atoms with E-state index in [4.69, 9.17) is 0 Å². The molecule has 1 saturated heterocycles. The second-order valence-corrected chi connectivity index (χ2v) is 4.78. The minimum atomic E-state index is -4.17. The number of nitrogens with one attached hydrogen (secondary N) is 1. The maximum atomic E-state index is 12.0. The van der Waals surface area contributed by atoms with E-state index >= 15 is 0 Å². The first-order valence-corrected chi connectivity index (χ1v) is 6.49. The molecule has 1 aliphatic heterocycles. The number of alkyl halides is 3. The van der Waals surface area contributed by atoms with E-state index in [0.29, 0.717) is 0 Å². The molecule has 0 spiro atoms. The molecule has 0 radical (unpaired) electrons. The van der Waals surface area contributed by atoms with E-state index in [1.165, 1.54) is 0 Å². The molecule has 0 aromatic carbocycles. The Hall–Kier alpha value is -0.780. The fourth-order valence-corrected chi connectivity index (χ4v) is 2.08. The van der Waals surface area contributed by atoms with Gasteiger partial charge in [-0.2, -0.15) is 13.2 Å². The first kappa shape index (κ1) is 15.3. The summed E-state index contributed by atoms with van der Waals surface area (Å²) in [5.74, 6) is -0.0842. The lowest BCUT2D eigenvalue weighted by molar-refractivity contribution is -0.138. The van der Waals surface area contributed by atoms with Gasteiger partial charge in [0, 0.05) is 19.6 Å². The third-order valence-electron chi connectivity index (χ3n) is 3.15. The number of rotatable bonds is 4. The highest BCUT2D eigenvalue weighted by molar-refractivity contribution is 5.81. The van der Waals surface area contributed by atoms with Crippen LogP contribution in [-0.4, -0.2) is 42.7 Å². The lowest BCUT2D eigenvalue weighted by atomic mass is 10.2. The van der Waals surface area contributed by atoms with Crippen molar-refractivity contribution in [2.75, 3.05) is 19.6 Å². The van der Waals surface area contributed by atoms with Gasteiger partial charge in [0.15, 0.2) is 0 Å². The van der Waals surface area contributed by atoms with Crippen LogP contribution in [0.5, 0.6) is 0 Å². The summed E-state index contributed by atoms with van der Waals surface area (Å²) in [6.45, 7) is 2.88. The van der Waals surface area contributed by atoms with Gasteiger partial charge in [-0.25, -0.2) is 0 Å². The first-order valence-electron chi connectivity index (χ1n) is 6.49. The average Bonchev–Trinajstić information content (AvgIpc) is 2.54. The zero-order chi connectivity index (χ0) is 13.6. The Labute approximate surface area is 106 Å². The Kier molecular flexibility index (Phi) is 5.91. The molecule has 1 aliphatic rings. The summed E-state index contributed by atoms with van der Waals surface area (Å²) in [5, 5.41) is 2.65. The van der Waals surface area contributed by atoms with Gasteiger partial charge in [-0.1, -0.05) is 12.8 Å². The molecule has 0 aliphatic carbocycles. The Balaban J connectivity index is 2.31. The van der Waals surface area contributed by atoms with Crippen LogP contribution in [0.3, 0.4) is 0 Å². The molecule has 6 heteroatoms. The number of carbonyl (C=O) groups excluding carboxylic acids is 1. The Bertz CT molecular complexity index is 261. The molecule has 1 N–H and O–H groups in total. The minimum absolute atomic E-state index is 0.0842. The normalized spacial score (nSPS) is 19.4. The number of nitrogens with zero attached hydrogens (tertiary/aromatic N) is 1. The molecule has 3 nitrogen and oxygen atoms in total. The van der Waals surface area contributed by atoms with Gasteiger partial charge in [0.1, 0.15) is 0 Å². The van der Waals surface area contributed by atoms with Crippen LogP contribution in [0.1, 0.15) is 39.0 Å². The Morgan fingerprint density at radius 3 is 2.28 bits per heavy atom. The van der Waals surface area contributed by atoms with Gasteiger partial charge in [0.25, 0.3) is 0 Å². The summed E-state index contributed by atoms with van der Waals surface area (Å²) in [5.41, 5.74) is 0. The summed E-state index contributed by atoms with van der Waals surface area (Å²) < 4.78 is 35.9. The number of carbonyl (C=O) groups is 1. The standard InChI is InChI=1S/C12H21F3N2O/c1-10(16-7-6-12(13,14)15)11(18)17-8-4-2-3-5-9-17/h10,16H,2-9H2,1H3. The molecule has 0 aromatic rings. The number of likely N-dealkylation sites (tertiary alicyclic amines) is 1.